The first kappa shape index (κ1) is 25.1. The van der Waals surface area contributed by atoms with Gasteiger partial charge in [0.25, 0.3) is 5.89 Å². The number of nitrogens with one attached hydrogen (secondary N) is 1. The number of alkyl halides is 3. The highest BCUT2D eigenvalue weighted by Gasteiger charge is 2.37. The lowest BCUT2D eigenvalue weighted by molar-refractivity contribution is -0.141. The third-order valence-electron chi connectivity index (χ3n) is 6.26. The summed E-state index contributed by atoms with van der Waals surface area (Å²) in [5.74, 6) is -0.358. The molecule has 2 unspecified atom stereocenters. The van der Waals surface area contributed by atoms with Gasteiger partial charge in [-0.15, -0.1) is 11.3 Å². The molecule has 6 nitrogen and oxygen atoms in total. The summed E-state index contributed by atoms with van der Waals surface area (Å²) in [5, 5.41) is 7.36. The molecule has 0 amide bonds. The van der Waals surface area contributed by atoms with Gasteiger partial charge >= 0.3 is 12.1 Å². The number of benzene rings is 2. The smallest absolute Gasteiger partial charge is 0.426 e. The number of halogens is 4. The number of esters is 1. The van der Waals surface area contributed by atoms with Gasteiger partial charge in [-0.05, 0) is 48.2 Å². The van der Waals surface area contributed by atoms with Crippen molar-refractivity contribution < 1.29 is 31.6 Å². The van der Waals surface area contributed by atoms with Gasteiger partial charge in [-0.25, -0.2) is 4.39 Å². The Balaban J connectivity index is 1.35. The van der Waals surface area contributed by atoms with Crippen LogP contribution in [0.1, 0.15) is 29.3 Å². The molecule has 0 spiro atoms. The molecular formula is C26H21F4N3O3S. The number of hydrogen-bond acceptors (Lipinski definition) is 7. The Kier molecular flexibility index (Phi) is 6.82. The summed E-state index contributed by atoms with van der Waals surface area (Å²) >= 11 is 0.496. The lowest BCUT2D eigenvalue weighted by Gasteiger charge is -2.11. The summed E-state index contributed by atoms with van der Waals surface area (Å²) in [7, 11) is 1.38. The molecule has 1 saturated heterocycles. The van der Waals surface area contributed by atoms with Crippen molar-refractivity contribution in [2.75, 3.05) is 13.7 Å². The number of thiophene rings is 1. The fourth-order valence-corrected chi connectivity index (χ4v) is 5.36. The van der Waals surface area contributed by atoms with Gasteiger partial charge in [0.15, 0.2) is 0 Å². The van der Waals surface area contributed by atoms with Crippen molar-refractivity contribution in [3.05, 3.63) is 70.9 Å². The van der Waals surface area contributed by atoms with Crippen molar-refractivity contribution in [2.24, 2.45) is 5.92 Å². The Bertz CT molecular complexity index is 1400. The van der Waals surface area contributed by atoms with Crippen LogP contribution in [0.25, 0.3) is 33.3 Å². The van der Waals surface area contributed by atoms with Crippen molar-refractivity contribution in [3.8, 4) is 33.3 Å². The van der Waals surface area contributed by atoms with E-state index in [0.29, 0.717) is 23.3 Å². The molecule has 0 bridgehead atoms. The van der Waals surface area contributed by atoms with Crippen molar-refractivity contribution in [3.63, 3.8) is 0 Å². The number of aromatic nitrogens is 2. The Morgan fingerprint density at radius 3 is 2.51 bits per heavy atom. The van der Waals surface area contributed by atoms with Gasteiger partial charge in [-0.2, -0.15) is 18.2 Å². The molecule has 1 aliphatic rings. The lowest BCUT2D eigenvalue weighted by atomic mass is 9.97. The van der Waals surface area contributed by atoms with Gasteiger partial charge in [0.05, 0.1) is 12.0 Å². The highest BCUT2D eigenvalue weighted by Crippen LogP contribution is 2.45. The average Bonchev–Trinajstić information content (AvgIpc) is 3.64. The van der Waals surface area contributed by atoms with Crippen LogP contribution in [0, 0.1) is 11.7 Å². The Morgan fingerprint density at radius 2 is 1.84 bits per heavy atom. The van der Waals surface area contributed by atoms with E-state index in [1.165, 1.54) is 25.3 Å². The van der Waals surface area contributed by atoms with Crippen LogP contribution in [0.5, 0.6) is 0 Å². The minimum atomic E-state index is -4.60. The van der Waals surface area contributed by atoms with E-state index in [2.05, 4.69) is 15.5 Å². The number of hydrogen-bond donors (Lipinski definition) is 1. The van der Waals surface area contributed by atoms with Gasteiger partial charge in [-0.3, -0.25) is 4.79 Å². The predicted molar refractivity (Wildman–Crippen MR) is 129 cm³/mol. The van der Waals surface area contributed by atoms with Gasteiger partial charge in [-0.1, -0.05) is 41.6 Å². The van der Waals surface area contributed by atoms with Gasteiger partial charge < -0.3 is 14.6 Å². The monoisotopic (exact) mass is 531 g/mol. The fraction of sp³-hybridized carbons (Fsp3) is 0.269. The van der Waals surface area contributed by atoms with E-state index in [4.69, 9.17) is 9.26 Å². The molecule has 2 aromatic carbocycles. The SMILES string of the molecule is COC(=O)CC1CNC(c2ccc(-c3noc(-c4cc(-c5ccc(F)cc5)c(C(F)(F)F)s4)n3)cc2)C1. The van der Waals surface area contributed by atoms with Crippen LogP contribution in [0.3, 0.4) is 0 Å². The number of rotatable bonds is 6. The molecule has 1 fully saturated rings. The van der Waals surface area contributed by atoms with E-state index in [-0.39, 0.29) is 45.6 Å². The summed E-state index contributed by atoms with van der Waals surface area (Å²) in [6.07, 6.45) is -3.43. The molecule has 11 heteroatoms. The maximum absolute atomic E-state index is 13.7. The minimum Gasteiger partial charge on any atom is -0.469 e. The first-order chi connectivity index (χ1) is 17.7. The molecule has 4 aromatic rings. The van der Waals surface area contributed by atoms with E-state index in [1.807, 2.05) is 24.3 Å². The topological polar surface area (TPSA) is 77.2 Å². The fourth-order valence-electron chi connectivity index (χ4n) is 4.39. The standard InChI is InChI=1S/C26H21F4N3O3S/c1-35-22(34)11-14-10-20(31-13-14)16-2-4-17(5-3-16)24-32-25(36-33-24)21-12-19(23(37-21)26(28,29)30)15-6-8-18(27)9-7-15/h2-9,12,14,20,31H,10-11,13H2,1H3. The van der Waals surface area contributed by atoms with E-state index < -0.39 is 16.9 Å². The van der Waals surface area contributed by atoms with Crippen molar-refractivity contribution in [1.82, 2.24) is 15.5 Å². The third kappa shape index (κ3) is 5.42. The second-order valence-electron chi connectivity index (χ2n) is 8.75. The first-order valence-corrected chi connectivity index (χ1v) is 12.2. The Labute approximate surface area is 213 Å². The zero-order valence-electron chi connectivity index (χ0n) is 19.5. The average molecular weight is 532 g/mol. The molecule has 0 radical (unpaired) electrons. The Hall–Kier alpha value is -3.57. The second kappa shape index (κ2) is 10.1. The molecule has 0 saturated carbocycles. The molecule has 1 N–H and O–H groups in total. The van der Waals surface area contributed by atoms with Crippen LogP contribution in [0.4, 0.5) is 17.6 Å². The van der Waals surface area contributed by atoms with E-state index >= 15 is 0 Å². The van der Waals surface area contributed by atoms with Crippen molar-refractivity contribution >= 4 is 17.3 Å². The van der Waals surface area contributed by atoms with Crippen LogP contribution in [-0.4, -0.2) is 29.8 Å². The van der Waals surface area contributed by atoms with Gasteiger partial charge in [0.2, 0.25) is 5.82 Å². The van der Waals surface area contributed by atoms with Gasteiger partial charge in [0.1, 0.15) is 10.7 Å². The van der Waals surface area contributed by atoms with Crippen LogP contribution in [0.2, 0.25) is 0 Å². The lowest BCUT2D eigenvalue weighted by Crippen LogP contribution is -2.15. The van der Waals surface area contributed by atoms with Crippen molar-refractivity contribution in [2.45, 2.75) is 25.1 Å². The molecule has 5 rings (SSSR count). The van der Waals surface area contributed by atoms with Crippen LogP contribution >= 0.6 is 11.3 Å². The predicted octanol–water partition coefficient (Wildman–Crippen LogP) is 6.50. The number of methoxy groups -OCH3 is 1. The zero-order valence-corrected chi connectivity index (χ0v) is 20.3. The number of carbonyl (C=O) groups excluding carboxylic acids is 1. The molecule has 3 heterocycles. The summed E-state index contributed by atoms with van der Waals surface area (Å²) < 4.78 is 64.5. The summed E-state index contributed by atoms with van der Waals surface area (Å²) in [5.41, 5.74) is 1.85. The van der Waals surface area contributed by atoms with E-state index in [9.17, 15) is 22.4 Å². The number of nitrogens with zero attached hydrogens (tertiary/aromatic N) is 2. The molecule has 192 valence electrons. The molecule has 0 aliphatic carbocycles. The number of ether oxygens (including phenoxy) is 1. The number of carbonyl (C=O) groups is 1. The maximum atomic E-state index is 13.7. The highest BCUT2D eigenvalue weighted by atomic mass is 32.1. The normalized spacial score (nSPS) is 17.8. The largest absolute Gasteiger partial charge is 0.469 e. The molecule has 2 atom stereocenters. The summed E-state index contributed by atoms with van der Waals surface area (Å²) in [6, 6.07) is 13.7. The summed E-state index contributed by atoms with van der Waals surface area (Å²) in [6.45, 7) is 0.719. The quantitative estimate of drug-likeness (QED) is 0.226. The van der Waals surface area contributed by atoms with Crippen LogP contribution in [0.15, 0.2) is 59.1 Å². The molecule has 37 heavy (non-hydrogen) atoms. The Morgan fingerprint density at radius 1 is 1.14 bits per heavy atom. The summed E-state index contributed by atoms with van der Waals surface area (Å²) in [4.78, 5) is 15.2. The van der Waals surface area contributed by atoms with Crippen molar-refractivity contribution in [1.29, 1.82) is 0 Å². The van der Waals surface area contributed by atoms with Crippen LogP contribution < -0.4 is 5.32 Å². The highest BCUT2D eigenvalue weighted by molar-refractivity contribution is 7.16. The minimum absolute atomic E-state index is 0.0361. The van der Waals surface area contributed by atoms with E-state index in [1.54, 1.807) is 0 Å². The zero-order chi connectivity index (χ0) is 26.2. The second-order valence-corrected chi connectivity index (χ2v) is 9.80. The van der Waals surface area contributed by atoms with Gasteiger partial charge in [0, 0.05) is 23.6 Å². The molecule has 1 aliphatic heterocycles. The van der Waals surface area contributed by atoms with Crippen LogP contribution in [-0.2, 0) is 15.7 Å². The molecular weight excluding hydrogens is 510 g/mol. The molecule has 2 aromatic heterocycles. The third-order valence-corrected chi connectivity index (χ3v) is 7.43. The first-order valence-electron chi connectivity index (χ1n) is 11.4. The maximum Gasteiger partial charge on any atom is 0.426 e. The van der Waals surface area contributed by atoms with E-state index in [0.717, 1.165) is 30.7 Å².